The Hall–Kier alpha value is -1.25. The molecule has 1 aliphatic carbocycles. The van der Waals surface area contributed by atoms with Gasteiger partial charge in [0.05, 0.1) is 11.9 Å². The highest BCUT2D eigenvalue weighted by atomic mass is 15.0. The molecule has 1 aliphatic rings. The van der Waals surface area contributed by atoms with Crippen LogP contribution in [0.15, 0.2) is 12.3 Å². The average Bonchev–Trinajstić information content (AvgIpc) is 2.98. The maximum Gasteiger partial charge on any atom is 0.129 e. The van der Waals surface area contributed by atoms with Crippen LogP contribution in [0.1, 0.15) is 38.2 Å². The monoisotopic (exact) mass is 219 g/mol. The molecule has 1 aromatic heterocycles. The van der Waals surface area contributed by atoms with Crippen molar-refractivity contribution in [2.24, 2.45) is 5.41 Å². The molecule has 0 aromatic carbocycles. The van der Waals surface area contributed by atoms with E-state index in [4.69, 9.17) is 5.73 Å². The van der Waals surface area contributed by atoms with E-state index >= 15 is 0 Å². The number of nitrogen functional groups attached to an aromatic ring is 1. The predicted molar refractivity (Wildman–Crippen MR) is 68.5 cm³/mol. The van der Waals surface area contributed by atoms with Crippen molar-refractivity contribution in [1.29, 1.82) is 0 Å². The molecule has 88 valence electrons. The summed E-state index contributed by atoms with van der Waals surface area (Å²) in [4.78, 5) is 4.33. The lowest BCUT2D eigenvalue weighted by molar-refractivity contribution is 0.485. The first-order valence-corrected chi connectivity index (χ1v) is 6.11. The van der Waals surface area contributed by atoms with E-state index in [0.717, 1.165) is 23.6 Å². The highest BCUT2D eigenvalue weighted by molar-refractivity contribution is 5.50. The minimum absolute atomic E-state index is 0.560. The number of aryl methyl sites for hydroxylation is 1. The smallest absolute Gasteiger partial charge is 0.129 e. The van der Waals surface area contributed by atoms with Gasteiger partial charge >= 0.3 is 0 Å². The van der Waals surface area contributed by atoms with E-state index in [-0.39, 0.29) is 0 Å². The van der Waals surface area contributed by atoms with Crippen molar-refractivity contribution in [2.45, 2.75) is 39.5 Å². The molecular weight excluding hydrogens is 198 g/mol. The van der Waals surface area contributed by atoms with Gasteiger partial charge in [0.2, 0.25) is 0 Å². The van der Waals surface area contributed by atoms with Crippen molar-refractivity contribution in [3.8, 4) is 0 Å². The SMILES string of the molecule is CCCC1(CNc2ncc(N)cc2C)CC1. The lowest BCUT2D eigenvalue weighted by atomic mass is 10.0. The average molecular weight is 219 g/mol. The fourth-order valence-electron chi connectivity index (χ4n) is 2.28. The van der Waals surface area contributed by atoms with Gasteiger partial charge in [0, 0.05) is 6.54 Å². The van der Waals surface area contributed by atoms with Crippen LogP contribution < -0.4 is 11.1 Å². The number of aromatic nitrogens is 1. The van der Waals surface area contributed by atoms with Gasteiger partial charge in [-0.05, 0) is 43.2 Å². The van der Waals surface area contributed by atoms with E-state index in [1.807, 2.05) is 13.0 Å². The molecule has 0 amide bonds. The maximum atomic E-state index is 5.68. The first-order valence-electron chi connectivity index (χ1n) is 6.11. The quantitative estimate of drug-likeness (QED) is 0.800. The Kier molecular flexibility index (Phi) is 3.03. The summed E-state index contributed by atoms with van der Waals surface area (Å²) in [5.74, 6) is 0.983. The Balaban J connectivity index is 1.94. The number of nitrogens with one attached hydrogen (secondary N) is 1. The van der Waals surface area contributed by atoms with Crippen LogP contribution in [-0.2, 0) is 0 Å². The summed E-state index contributed by atoms with van der Waals surface area (Å²) >= 11 is 0. The summed E-state index contributed by atoms with van der Waals surface area (Å²) < 4.78 is 0. The molecule has 1 fully saturated rings. The third-order valence-electron chi connectivity index (χ3n) is 3.47. The molecule has 1 heterocycles. The van der Waals surface area contributed by atoms with Crippen LogP contribution in [0.3, 0.4) is 0 Å². The van der Waals surface area contributed by atoms with Crippen LogP contribution in [0.25, 0.3) is 0 Å². The molecule has 1 aromatic rings. The molecule has 16 heavy (non-hydrogen) atoms. The number of pyridine rings is 1. The second-order valence-electron chi connectivity index (χ2n) is 5.04. The highest BCUT2D eigenvalue weighted by Gasteiger charge is 2.41. The summed E-state index contributed by atoms with van der Waals surface area (Å²) in [5.41, 5.74) is 8.10. The summed E-state index contributed by atoms with van der Waals surface area (Å²) in [6, 6.07) is 1.97. The first kappa shape index (κ1) is 11.2. The molecular formula is C13H21N3. The van der Waals surface area contributed by atoms with Crippen LogP contribution >= 0.6 is 0 Å². The summed E-state index contributed by atoms with van der Waals surface area (Å²) in [5, 5.41) is 3.46. The van der Waals surface area contributed by atoms with Crippen LogP contribution in [0, 0.1) is 12.3 Å². The van der Waals surface area contributed by atoms with Crippen LogP contribution in [-0.4, -0.2) is 11.5 Å². The Bertz CT molecular complexity index is 369. The largest absolute Gasteiger partial charge is 0.397 e. The molecule has 1 saturated carbocycles. The van der Waals surface area contributed by atoms with Gasteiger partial charge in [-0.1, -0.05) is 13.3 Å². The normalized spacial score (nSPS) is 17.1. The summed E-state index contributed by atoms with van der Waals surface area (Å²) in [6.07, 6.45) is 7.04. The van der Waals surface area contributed by atoms with Gasteiger partial charge in [-0.2, -0.15) is 0 Å². The molecule has 0 atom stereocenters. The topological polar surface area (TPSA) is 50.9 Å². The fourth-order valence-corrected chi connectivity index (χ4v) is 2.28. The van der Waals surface area contributed by atoms with Crippen molar-refractivity contribution in [3.63, 3.8) is 0 Å². The Morgan fingerprint density at radius 3 is 2.81 bits per heavy atom. The van der Waals surface area contributed by atoms with Gasteiger partial charge in [-0.3, -0.25) is 0 Å². The highest BCUT2D eigenvalue weighted by Crippen LogP contribution is 2.49. The molecule has 3 N–H and O–H groups in total. The summed E-state index contributed by atoms with van der Waals surface area (Å²) in [7, 11) is 0. The molecule has 0 unspecified atom stereocenters. The molecule has 2 rings (SSSR count). The number of nitrogens with zero attached hydrogens (tertiary/aromatic N) is 1. The van der Waals surface area contributed by atoms with E-state index in [0.29, 0.717) is 5.41 Å². The van der Waals surface area contributed by atoms with E-state index in [1.54, 1.807) is 6.20 Å². The Morgan fingerprint density at radius 2 is 2.25 bits per heavy atom. The van der Waals surface area contributed by atoms with Crippen molar-refractivity contribution in [2.75, 3.05) is 17.6 Å². The molecule has 0 bridgehead atoms. The van der Waals surface area contributed by atoms with Gasteiger partial charge < -0.3 is 11.1 Å². The minimum atomic E-state index is 0.560. The van der Waals surface area contributed by atoms with Crippen molar-refractivity contribution >= 4 is 11.5 Å². The number of nitrogens with two attached hydrogens (primary N) is 1. The Labute approximate surface area is 97.5 Å². The van der Waals surface area contributed by atoms with E-state index in [1.165, 1.54) is 25.7 Å². The number of hydrogen-bond acceptors (Lipinski definition) is 3. The number of rotatable bonds is 5. The number of anilines is 2. The minimum Gasteiger partial charge on any atom is -0.397 e. The molecule has 0 spiro atoms. The standard InChI is InChI=1S/C13H21N3/c1-3-4-13(5-6-13)9-16-12-10(2)7-11(14)8-15-12/h7-8H,3-6,9,14H2,1-2H3,(H,15,16). The zero-order valence-corrected chi connectivity index (χ0v) is 10.2. The van der Waals surface area contributed by atoms with Crippen LogP contribution in [0.5, 0.6) is 0 Å². The van der Waals surface area contributed by atoms with Crippen LogP contribution in [0.2, 0.25) is 0 Å². The molecule has 0 saturated heterocycles. The third-order valence-corrected chi connectivity index (χ3v) is 3.47. The van der Waals surface area contributed by atoms with Crippen molar-refractivity contribution in [3.05, 3.63) is 17.8 Å². The zero-order valence-electron chi connectivity index (χ0n) is 10.2. The Morgan fingerprint density at radius 1 is 1.50 bits per heavy atom. The van der Waals surface area contributed by atoms with E-state index in [2.05, 4.69) is 17.2 Å². The van der Waals surface area contributed by atoms with Crippen LogP contribution in [0.4, 0.5) is 11.5 Å². The molecule has 3 nitrogen and oxygen atoms in total. The first-order chi connectivity index (χ1) is 7.65. The third kappa shape index (κ3) is 2.46. The van der Waals surface area contributed by atoms with Gasteiger partial charge in [0.1, 0.15) is 5.82 Å². The van der Waals surface area contributed by atoms with Gasteiger partial charge in [0.15, 0.2) is 0 Å². The van der Waals surface area contributed by atoms with Gasteiger partial charge in [-0.15, -0.1) is 0 Å². The molecule has 3 heteroatoms. The van der Waals surface area contributed by atoms with Crippen molar-refractivity contribution < 1.29 is 0 Å². The fraction of sp³-hybridized carbons (Fsp3) is 0.615. The predicted octanol–water partition coefficient (Wildman–Crippen LogP) is 2.96. The summed E-state index contributed by atoms with van der Waals surface area (Å²) in [6.45, 7) is 5.36. The van der Waals surface area contributed by atoms with E-state index < -0.39 is 0 Å². The van der Waals surface area contributed by atoms with Gasteiger partial charge in [0.25, 0.3) is 0 Å². The second kappa shape index (κ2) is 4.32. The van der Waals surface area contributed by atoms with E-state index in [9.17, 15) is 0 Å². The number of hydrogen-bond donors (Lipinski definition) is 2. The molecule has 0 radical (unpaired) electrons. The zero-order chi connectivity index (χ0) is 11.6. The van der Waals surface area contributed by atoms with Crippen molar-refractivity contribution in [1.82, 2.24) is 4.98 Å². The second-order valence-corrected chi connectivity index (χ2v) is 5.04. The lowest BCUT2D eigenvalue weighted by Gasteiger charge is -2.16. The maximum absolute atomic E-state index is 5.68. The van der Waals surface area contributed by atoms with Gasteiger partial charge in [-0.25, -0.2) is 4.98 Å². The lowest BCUT2D eigenvalue weighted by Crippen LogP contribution is -2.16. The molecule has 0 aliphatic heterocycles.